The van der Waals surface area contributed by atoms with Crippen molar-refractivity contribution in [1.82, 2.24) is 4.90 Å². The minimum absolute atomic E-state index is 0.0344. The fourth-order valence-electron chi connectivity index (χ4n) is 2.73. The van der Waals surface area contributed by atoms with Gasteiger partial charge in [-0.15, -0.1) is 0 Å². The second-order valence-electron chi connectivity index (χ2n) is 6.96. The van der Waals surface area contributed by atoms with Crippen molar-refractivity contribution in [3.8, 4) is 0 Å². The SMILES string of the molecule is Cc1cccc(C)c1NC(=O)CN(C)[C@@H](C)C(=O)Nc1ccc(S(N)(=O)=O)cc1. The van der Waals surface area contributed by atoms with Crippen molar-refractivity contribution in [3.05, 3.63) is 53.6 Å². The van der Waals surface area contributed by atoms with E-state index >= 15 is 0 Å². The monoisotopic (exact) mass is 418 g/mol. The van der Waals surface area contributed by atoms with Gasteiger partial charge in [0.05, 0.1) is 17.5 Å². The number of hydrogen-bond donors (Lipinski definition) is 3. The maximum absolute atomic E-state index is 12.5. The van der Waals surface area contributed by atoms with Crippen molar-refractivity contribution in [2.75, 3.05) is 24.2 Å². The first-order chi connectivity index (χ1) is 13.5. The van der Waals surface area contributed by atoms with Crippen LogP contribution in [0, 0.1) is 13.8 Å². The molecule has 0 aromatic heterocycles. The average molecular weight is 419 g/mol. The van der Waals surface area contributed by atoms with Gasteiger partial charge in [0.2, 0.25) is 21.8 Å². The van der Waals surface area contributed by atoms with E-state index < -0.39 is 16.1 Å². The Hall–Kier alpha value is -2.75. The molecular formula is C20H26N4O4S. The molecule has 2 aromatic rings. The molecule has 2 amide bonds. The topological polar surface area (TPSA) is 122 Å². The second-order valence-corrected chi connectivity index (χ2v) is 8.53. The molecule has 156 valence electrons. The van der Waals surface area contributed by atoms with E-state index in [1.165, 1.54) is 24.3 Å². The van der Waals surface area contributed by atoms with Crippen LogP contribution in [0.25, 0.3) is 0 Å². The number of carbonyl (C=O) groups excluding carboxylic acids is 2. The van der Waals surface area contributed by atoms with Gasteiger partial charge in [0, 0.05) is 11.4 Å². The number of sulfonamides is 1. The minimum Gasteiger partial charge on any atom is -0.325 e. The summed E-state index contributed by atoms with van der Waals surface area (Å²) in [5, 5.41) is 10.6. The Kier molecular flexibility index (Phi) is 7.12. The van der Waals surface area contributed by atoms with Gasteiger partial charge >= 0.3 is 0 Å². The lowest BCUT2D eigenvalue weighted by Gasteiger charge is -2.23. The van der Waals surface area contributed by atoms with E-state index in [2.05, 4.69) is 10.6 Å². The predicted octanol–water partition coefficient (Wildman–Crippen LogP) is 1.85. The van der Waals surface area contributed by atoms with Crippen molar-refractivity contribution in [3.63, 3.8) is 0 Å². The molecule has 0 saturated carbocycles. The molecule has 0 fully saturated rings. The van der Waals surface area contributed by atoms with Gasteiger partial charge in [-0.1, -0.05) is 18.2 Å². The molecule has 0 spiro atoms. The Balaban J connectivity index is 1.95. The van der Waals surface area contributed by atoms with Gasteiger partial charge in [-0.25, -0.2) is 13.6 Å². The van der Waals surface area contributed by atoms with Crippen molar-refractivity contribution in [2.45, 2.75) is 31.7 Å². The third-order valence-corrected chi connectivity index (χ3v) is 5.56. The van der Waals surface area contributed by atoms with E-state index in [0.717, 1.165) is 16.8 Å². The van der Waals surface area contributed by atoms with Crippen LogP contribution in [0.4, 0.5) is 11.4 Å². The molecule has 4 N–H and O–H groups in total. The molecular weight excluding hydrogens is 392 g/mol. The van der Waals surface area contributed by atoms with Gasteiger partial charge in [-0.3, -0.25) is 14.5 Å². The highest BCUT2D eigenvalue weighted by molar-refractivity contribution is 7.89. The smallest absolute Gasteiger partial charge is 0.241 e. The number of nitrogens with one attached hydrogen (secondary N) is 2. The molecule has 0 radical (unpaired) electrons. The van der Waals surface area contributed by atoms with Crippen LogP contribution in [0.3, 0.4) is 0 Å². The predicted molar refractivity (Wildman–Crippen MR) is 113 cm³/mol. The zero-order chi connectivity index (χ0) is 21.8. The maximum Gasteiger partial charge on any atom is 0.241 e. The lowest BCUT2D eigenvalue weighted by molar-refractivity contribution is -0.122. The molecule has 0 unspecified atom stereocenters. The normalized spacial score (nSPS) is 12.5. The molecule has 0 heterocycles. The van der Waals surface area contributed by atoms with E-state index in [9.17, 15) is 18.0 Å². The third kappa shape index (κ3) is 6.11. The largest absolute Gasteiger partial charge is 0.325 e. The Bertz CT molecular complexity index is 983. The Morgan fingerprint density at radius 2 is 1.59 bits per heavy atom. The van der Waals surface area contributed by atoms with Crippen LogP contribution in [0.1, 0.15) is 18.1 Å². The summed E-state index contributed by atoms with van der Waals surface area (Å²) in [6, 6.07) is 10.7. The number of amides is 2. The maximum atomic E-state index is 12.5. The number of nitrogens with zero attached hydrogens (tertiary/aromatic N) is 1. The molecule has 2 rings (SSSR count). The van der Waals surface area contributed by atoms with Crippen LogP contribution >= 0.6 is 0 Å². The van der Waals surface area contributed by atoms with Crippen LogP contribution in [-0.4, -0.2) is 44.8 Å². The molecule has 0 aliphatic rings. The zero-order valence-electron chi connectivity index (χ0n) is 16.9. The molecule has 0 bridgehead atoms. The lowest BCUT2D eigenvalue weighted by atomic mass is 10.1. The van der Waals surface area contributed by atoms with Crippen LogP contribution in [0.5, 0.6) is 0 Å². The van der Waals surface area contributed by atoms with Gasteiger partial charge in [-0.05, 0) is 63.2 Å². The van der Waals surface area contributed by atoms with Gasteiger partial charge in [-0.2, -0.15) is 0 Å². The summed E-state index contributed by atoms with van der Waals surface area (Å²) in [7, 11) is -2.11. The number of benzene rings is 2. The van der Waals surface area contributed by atoms with E-state index in [4.69, 9.17) is 5.14 Å². The number of primary sulfonamides is 1. The Morgan fingerprint density at radius 1 is 1.03 bits per heavy atom. The number of likely N-dealkylation sites (N-methyl/N-ethyl adjacent to an activating group) is 1. The van der Waals surface area contributed by atoms with Crippen molar-refractivity contribution >= 4 is 33.2 Å². The molecule has 8 nitrogen and oxygen atoms in total. The zero-order valence-corrected chi connectivity index (χ0v) is 17.7. The fraction of sp³-hybridized carbons (Fsp3) is 0.300. The van der Waals surface area contributed by atoms with E-state index in [-0.39, 0.29) is 23.3 Å². The molecule has 1 atom stereocenters. The van der Waals surface area contributed by atoms with E-state index in [1.54, 1.807) is 18.9 Å². The molecule has 0 aliphatic carbocycles. The third-order valence-electron chi connectivity index (χ3n) is 4.63. The first-order valence-electron chi connectivity index (χ1n) is 8.99. The minimum atomic E-state index is -3.79. The number of para-hydroxylation sites is 1. The number of hydrogen-bond acceptors (Lipinski definition) is 5. The molecule has 0 saturated heterocycles. The summed E-state index contributed by atoms with van der Waals surface area (Å²) in [4.78, 5) is 26.4. The number of nitrogens with two attached hydrogens (primary N) is 1. The van der Waals surface area contributed by atoms with Crippen molar-refractivity contribution in [2.24, 2.45) is 5.14 Å². The summed E-state index contributed by atoms with van der Waals surface area (Å²) >= 11 is 0. The molecule has 0 aliphatic heterocycles. The van der Waals surface area contributed by atoms with Crippen molar-refractivity contribution in [1.29, 1.82) is 0 Å². The number of carbonyl (C=O) groups is 2. The van der Waals surface area contributed by atoms with Crippen molar-refractivity contribution < 1.29 is 18.0 Å². The van der Waals surface area contributed by atoms with E-state index in [0.29, 0.717) is 5.69 Å². The summed E-state index contributed by atoms with van der Waals surface area (Å²) < 4.78 is 22.6. The van der Waals surface area contributed by atoms with E-state index in [1.807, 2.05) is 32.0 Å². The first kappa shape index (κ1) is 22.5. The quantitative estimate of drug-likeness (QED) is 0.633. The summed E-state index contributed by atoms with van der Waals surface area (Å²) in [6.07, 6.45) is 0. The van der Waals surface area contributed by atoms with Gasteiger partial charge < -0.3 is 10.6 Å². The Morgan fingerprint density at radius 3 is 2.10 bits per heavy atom. The van der Waals surface area contributed by atoms with Gasteiger partial charge in [0.25, 0.3) is 0 Å². The van der Waals surface area contributed by atoms with Crippen LogP contribution in [0.15, 0.2) is 47.4 Å². The Labute approximate surface area is 171 Å². The number of rotatable bonds is 7. The number of aryl methyl sites for hydroxylation is 2. The van der Waals surface area contributed by atoms with Gasteiger partial charge in [0.15, 0.2) is 0 Å². The highest BCUT2D eigenvalue weighted by Gasteiger charge is 2.21. The summed E-state index contributed by atoms with van der Waals surface area (Å²) in [5.74, 6) is -0.544. The van der Waals surface area contributed by atoms with Crippen LogP contribution < -0.4 is 15.8 Å². The highest BCUT2D eigenvalue weighted by Crippen LogP contribution is 2.19. The fourth-order valence-corrected chi connectivity index (χ4v) is 3.24. The molecule has 2 aromatic carbocycles. The highest BCUT2D eigenvalue weighted by atomic mass is 32.2. The summed E-state index contributed by atoms with van der Waals surface area (Å²) in [6.45, 7) is 5.56. The molecule has 9 heteroatoms. The molecule has 29 heavy (non-hydrogen) atoms. The van der Waals surface area contributed by atoms with Gasteiger partial charge in [0.1, 0.15) is 0 Å². The lowest BCUT2D eigenvalue weighted by Crippen LogP contribution is -2.43. The average Bonchev–Trinajstić information content (AvgIpc) is 2.63. The standard InChI is InChI=1S/C20H26N4O4S/c1-13-6-5-7-14(2)19(13)23-18(25)12-24(4)15(3)20(26)22-16-8-10-17(11-9-16)29(21,27)28/h5-11,15H,12H2,1-4H3,(H,22,26)(H,23,25)(H2,21,27,28)/t15-/m0/s1. The first-order valence-corrected chi connectivity index (χ1v) is 10.5. The summed E-state index contributed by atoms with van der Waals surface area (Å²) in [5.41, 5.74) is 3.14. The second kappa shape index (κ2) is 9.17. The number of anilines is 2. The van der Waals surface area contributed by atoms with Crippen LogP contribution in [0.2, 0.25) is 0 Å². The van der Waals surface area contributed by atoms with Crippen LogP contribution in [-0.2, 0) is 19.6 Å².